The minimum absolute atomic E-state index is 0.0840. The van der Waals surface area contributed by atoms with Crippen molar-refractivity contribution >= 4 is 33.8 Å². The van der Waals surface area contributed by atoms with E-state index in [-0.39, 0.29) is 5.91 Å². The van der Waals surface area contributed by atoms with Gasteiger partial charge >= 0.3 is 0 Å². The van der Waals surface area contributed by atoms with Gasteiger partial charge in [-0.15, -0.1) is 11.3 Å². The van der Waals surface area contributed by atoms with Gasteiger partial charge in [0.05, 0.1) is 11.4 Å². The van der Waals surface area contributed by atoms with Crippen LogP contribution in [0.2, 0.25) is 0 Å². The Bertz CT molecular complexity index is 843. The molecule has 3 aromatic rings. The standard InChI is InChI=1S/C19H19N3OS/c1-14-13-24-19(20-14)22(16-9-5-4-6-10-16)18(23)15-8-7-11-17(12-15)21(2)3/h4-13H,1-3H3. The number of aromatic nitrogens is 1. The molecule has 24 heavy (non-hydrogen) atoms. The Hall–Kier alpha value is -2.66. The maximum Gasteiger partial charge on any atom is 0.264 e. The Morgan fingerprint density at radius 2 is 1.71 bits per heavy atom. The highest BCUT2D eigenvalue weighted by Gasteiger charge is 2.22. The molecule has 5 heteroatoms. The van der Waals surface area contributed by atoms with Gasteiger partial charge in [0.25, 0.3) is 5.91 Å². The molecule has 0 aliphatic carbocycles. The smallest absolute Gasteiger partial charge is 0.264 e. The molecule has 1 amide bonds. The van der Waals surface area contributed by atoms with Gasteiger partial charge in [-0.3, -0.25) is 9.69 Å². The summed E-state index contributed by atoms with van der Waals surface area (Å²) in [6.07, 6.45) is 0. The number of para-hydroxylation sites is 1. The van der Waals surface area contributed by atoms with Gasteiger partial charge in [-0.1, -0.05) is 24.3 Å². The molecule has 2 aromatic carbocycles. The molecule has 0 saturated heterocycles. The van der Waals surface area contributed by atoms with E-state index in [9.17, 15) is 4.79 Å². The Labute approximate surface area is 146 Å². The molecule has 4 nitrogen and oxygen atoms in total. The maximum atomic E-state index is 13.2. The second kappa shape index (κ2) is 6.84. The van der Waals surface area contributed by atoms with Crippen molar-refractivity contribution in [3.05, 3.63) is 71.2 Å². The van der Waals surface area contributed by atoms with Crippen LogP contribution in [0.5, 0.6) is 0 Å². The number of carbonyl (C=O) groups excluding carboxylic acids is 1. The zero-order chi connectivity index (χ0) is 17.1. The third-order valence-corrected chi connectivity index (χ3v) is 4.57. The summed E-state index contributed by atoms with van der Waals surface area (Å²) < 4.78 is 0. The molecular weight excluding hydrogens is 318 g/mol. The second-order valence-corrected chi connectivity index (χ2v) is 6.53. The summed E-state index contributed by atoms with van der Waals surface area (Å²) in [5.74, 6) is -0.0840. The minimum Gasteiger partial charge on any atom is -0.378 e. The number of hydrogen-bond acceptors (Lipinski definition) is 4. The Kier molecular flexibility index (Phi) is 4.62. The van der Waals surface area contributed by atoms with Crippen LogP contribution in [0.15, 0.2) is 60.0 Å². The number of rotatable bonds is 4. The summed E-state index contributed by atoms with van der Waals surface area (Å²) >= 11 is 1.47. The van der Waals surface area contributed by atoms with Crippen molar-refractivity contribution in [3.63, 3.8) is 0 Å². The molecule has 0 radical (unpaired) electrons. The lowest BCUT2D eigenvalue weighted by atomic mass is 10.1. The van der Waals surface area contributed by atoms with Gasteiger partial charge in [-0.25, -0.2) is 4.98 Å². The molecule has 0 N–H and O–H groups in total. The summed E-state index contributed by atoms with van der Waals surface area (Å²) in [6, 6.07) is 17.2. The number of nitrogens with zero attached hydrogens (tertiary/aromatic N) is 3. The van der Waals surface area contributed by atoms with Crippen LogP contribution in [0.4, 0.5) is 16.5 Å². The number of amides is 1. The lowest BCUT2D eigenvalue weighted by Crippen LogP contribution is -2.26. The minimum atomic E-state index is -0.0840. The lowest BCUT2D eigenvalue weighted by Gasteiger charge is -2.21. The summed E-state index contributed by atoms with van der Waals surface area (Å²) in [4.78, 5) is 21.4. The van der Waals surface area contributed by atoms with E-state index >= 15 is 0 Å². The summed E-state index contributed by atoms with van der Waals surface area (Å²) in [6.45, 7) is 1.93. The molecule has 122 valence electrons. The first-order chi connectivity index (χ1) is 11.6. The number of hydrogen-bond donors (Lipinski definition) is 0. The predicted octanol–water partition coefficient (Wildman–Crippen LogP) is 4.50. The third kappa shape index (κ3) is 3.31. The molecular formula is C19H19N3OS. The predicted molar refractivity (Wildman–Crippen MR) is 101 cm³/mol. The van der Waals surface area contributed by atoms with Gasteiger partial charge in [-0.2, -0.15) is 0 Å². The van der Waals surface area contributed by atoms with E-state index in [1.54, 1.807) is 4.90 Å². The molecule has 1 aromatic heterocycles. The largest absolute Gasteiger partial charge is 0.378 e. The van der Waals surface area contributed by atoms with E-state index in [0.717, 1.165) is 17.1 Å². The Morgan fingerprint density at radius 3 is 2.33 bits per heavy atom. The molecule has 0 fully saturated rings. The van der Waals surface area contributed by atoms with Gasteiger partial charge in [0.2, 0.25) is 0 Å². The van der Waals surface area contributed by atoms with Crippen molar-refractivity contribution < 1.29 is 4.79 Å². The summed E-state index contributed by atoms with van der Waals surface area (Å²) in [7, 11) is 3.92. The van der Waals surface area contributed by atoms with E-state index in [4.69, 9.17) is 0 Å². The van der Waals surface area contributed by atoms with Crippen LogP contribution in [0.1, 0.15) is 16.1 Å². The first-order valence-electron chi connectivity index (χ1n) is 7.65. The van der Waals surface area contributed by atoms with Gasteiger partial charge in [-0.05, 0) is 37.3 Å². The summed E-state index contributed by atoms with van der Waals surface area (Å²) in [5.41, 5.74) is 3.35. The zero-order valence-corrected chi connectivity index (χ0v) is 14.7. The second-order valence-electron chi connectivity index (χ2n) is 5.69. The highest BCUT2D eigenvalue weighted by molar-refractivity contribution is 7.14. The number of carbonyl (C=O) groups is 1. The zero-order valence-electron chi connectivity index (χ0n) is 13.9. The van der Waals surface area contributed by atoms with Crippen LogP contribution >= 0.6 is 11.3 Å². The molecule has 0 bridgehead atoms. The van der Waals surface area contributed by atoms with Crippen molar-refractivity contribution in [1.82, 2.24) is 4.98 Å². The van der Waals surface area contributed by atoms with Gasteiger partial charge < -0.3 is 4.90 Å². The first-order valence-corrected chi connectivity index (χ1v) is 8.53. The average Bonchev–Trinajstić information content (AvgIpc) is 3.02. The summed E-state index contributed by atoms with van der Waals surface area (Å²) in [5, 5.41) is 2.63. The highest BCUT2D eigenvalue weighted by Crippen LogP contribution is 2.30. The molecule has 0 spiro atoms. The molecule has 0 aliphatic heterocycles. The van der Waals surface area contributed by atoms with E-state index in [1.807, 2.05) is 85.9 Å². The molecule has 0 unspecified atom stereocenters. The van der Waals surface area contributed by atoms with E-state index in [2.05, 4.69) is 4.98 Å². The van der Waals surface area contributed by atoms with Crippen molar-refractivity contribution in [1.29, 1.82) is 0 Å². The van der Waals surface area contributed by atoms with Gasteiger partial charge in [0.15, 0.2) is 5.13 Å². The van der Waals surface area contributed by atoms with E-state index in [1.165, 1.54) is 11.3 Å². The van der Waals surface area contributed by atoms with Crippen LogP contribution in [-0.4, -0.2) is 25.0 Å². The SMILES string of the molecule is Cc1csc(N(C(=O)c2cccc(N(C)C)c2)c2ccccc2)n1. The fourth-order valence-electron chi connectivity index (χ4n) is 2.38. The van der Waals surface area contributed by atoms with Gasteiger partial charge in [0, 0.05) is 30.7 Å². The molecule has 0 saturated carbocycles. The molecule has 0 atom stereocenters. The number of benzene rings is 2. The van der Waals surface area contributed by atoms with Crippen molar-refractivity contribution in [3.8, 4) is 0 Å². The number of anilines is 3. The number of thiazole rings is 1. The van der Waals surface area contributed by atoms with Crippen LogP contribution in [0.25, 0.3) is 0 Å². The molecule has 1 heterocycles. The van der Waals surface area contributed by atoms with Crippen LogP contribution in [0, 0.1) is 6.92 Å². The first kappa shape index (κ1) is 16.2. The topological polar surface area (TPSA) is 36.4 Å². The fraction of sp³-hybridized carbons (Fsp3) is 0.158. The average molecular weight is 337 g/mol. The fourth-order valence-corrected chi connectivity index (χ4v) is 3.20. The van der Waals surface area contributed by atoms with Crippen LogP contribution in [0.3, 0.4) is 0 Å². The van der Waals surface area contributed by atoms with Gasteiger partial charge in [0.1, 0.15) is 0 Å². The third-order valence-electron chi connectivity index (χ3n) is 3.63. The maximum absolute atomic E-state index is 13.2. The van der Waals surface area contributed by atoms with Crippen molar-refractivity contribution in [2.24, 2.45) is 0 Å². The molecule has 3 rings (SSSR count). The van der Waals surface area contributed by atoms with E-state index < -0.39 is 0 Å². The monoisotopic (exact) mass is 337 g/mol. The van der Waals surface area contributed by atoms with Crippen molar-refractivity contribution in [2.75, 3.05) is 23.9 Å². The van der Waals surface area contributed by atoms with Crippen molar-refractivity contribution in [2.45, 2.75) is 6.92 Å². The Balaban J connectivity index is 2.05. The van der Waals surface area contributed by atoms with Crippen LogP contribution in [-0.2, 0) is 0 Å². The molecule has 0 aliphatic rings. The quantitative estimate of drug-likeness (QED) is 0.703. The lowest BCUT2D eigenvalue weighted by molar-refractivity contribution is 0.0999. The van der Waals surface area contributed by atoms with Crippen LogP contribution < -0.4 is 9.80 Å². The normalized spacial score (nSPS) is 10.5. The Morgan fingerprint density at radius 1 is 1.00 bits per heavy atom. The highest BCUT2D eigenvalue weighted by atomic mass is 32.1. The van der Waals surface area contributed by atoms with E-state index in [0.29, 0.717) is 10.7 Å². The number of aryl methyl sites for hydroxylation is 1.